The number of rotatable bonds is 8. The van der Waals surface area contributed by atoms with Crippen LogP contribution in [-0.2, 0) is 6.54 Å². The van der Waals surface area contributed by atoms with E-state index in [-0.39, 0.29) is 0 Å². The second kappa shape index (κ2) is 7.46. The summed E-state index contributed by atoms with van der Waals surface area (Å²) < 4.78 is 0. The van der Waals surface area contributed by atoms with Gasteiger partial charge in [0.05, 0.1) is 10.7 Å². The molecule has 0 bridgehead atoms. The van der Waals surface area contributed by atoms with Crippen LogP contribution >= 0.6 is 11.6 Å². The van der Waals surface area contributed by atoms with Gasteiger partial charge < -0.3 is 10.2 Å². The van der Waals surface area contributed by atoms with Gasteiger partial charge >= 0.3 is 0 Å². The maximum Gasteiger partial charge on any atom is 0.128 e. The maximum atomic E-state index is 6.30. The van der Waals surface area contributed by atoms with Gasteiger partial charge in [-0.15, -0.1) is 0 Å². The molecule has 0 radical (unpaired) electrons. The number of hydrogen-bond donors (Lipinski definition) is 1. The Labute approximate surface area is 134 Å². The highest BCUT2D eigenvalue weighted by molar-refractivity contribution is 6.31. The van der Waals surface area contributed by atoms with E-state index < -0.39 is 0 Å². The molecule has 3 nitrogen and oxygen atoms in total. The van der Waals surface area contributed by atoms with Gasteiger partial charge in [0.25, 0.3) is 0 Å². The molecule has 1 aliphatic carbocycles. The van der Waals surface area contributed by atoms with Crippen molar-refractivity contribution in [1.82, 2.24) is 10.3 Å². The summed E-state index contributed by atoms with van der Waals surface area (Å²) in [5.74, 6) is 2.29. The predicted octanol–water partition coefficient (Wildman–Crippen LogP) is 4.11. The molecule has 0 atom stereocenters. The van der Waals surface area contributed by atoms with E-state index in [2.05, 4.69) is 37.9 Å². The van der Waals surface area contributed by atoms with Gasteiger partial charge in [-0.1, -0.05) is 39.3 Å². The molecular weight excluding hydrogens is 282 g/mol. The van der Waals surface area contributed by atoms with Crippen molar-refractivity contribution in [2.45, 2.75) is 53.1 Å². The number of aromatic nitrogens is 1. The van der Waals surface area contributed by atoms with E-state index in [9.17, 15) is 0 Å². The van der Waals surface area contributed by atoms with Gasteiger partial charge in [-0.2, -0.15) is 0 Å². The summed E-state index contributed by atoms with van der Waals surface area (Å²) in [5.41, 5.74) is 0.971. The van der Waals surface area contributed by atoms with E-state index in [0.29, 0.717) is 17.9 Å². The lowest BCUT2D eigenvalue weighted by Crippen LogP contribution is -2.32. The third kappa shape index (κ3) is 5.48. The van der Waals surface area contributed by atoms with Crippen LogP contribution in [0.15, 0.2) is 12.1 Å². The number of nitrogens with one attached hydrogen (secondary N) is 1. The van der Waals surface area contributed by atoms with E-state index in [1.54, 1.807) is 0 Å². The molecule has 0 unspecified atom stereocenters. The zero-order valence-electron chi connectivity index (χ0n) is 13.7. The monoisotopic (exact) mass is 309 g/mol. The van der Waals surface area contributed by atoms with Crippen molar-refractivity contribution in [3.05, 3.63) is 22.8 Å². The zero-order chi connectivity index (χ0) is 15.4. The van der Waals surface area contributed by atoms with E-state index in [4.69, 9.17) is 16.6 Å². The molecule has 1 aromatic rings. The number of hydrogen-bond acceptors (Lipinski definition) is 3. The smallest absolute Gasteiger partial charge is 0.128 e. The average molecular weight is 310 g/mol. The van der Waals surface area contributed by atoms with E-state index in [0.717, 1.165) is 36.2 Å². The van der Waals surface area contributed by atoms with Crippen molar-refractivity contribution < 1.29 is 0 Å². The second-order valence-electron chi connectivity index (χ2n) is 6.95. The van der Waals surface area contributed by atoms with Gasteiger partial charge in [0.1, 0.15) is 5.82 Å². The summed E-state index contributed by atoms with van der Waals surface area (Å²) in [6.07, 6.45) is 2.56. The predicted molar refractivity (Wildman–Crippen MR) is 91.0 cm³/mol. The molecule has 21 heavy (non-hydrogen) atoms. The van der Waals surface area contributed by atoms with E-state index >= 15 is 0 Å². The lowest BCUT2D eigenvalue weighted by atomic mass is 10.1. The van der Waals surface area contributed by atoms with Crippen LogP contribution in [0.2, 0.25) is 5.02 Å². The summed E-state index contributed by atoms with van der Waals surface area (Å²) in [6.45, 7) is 11.8. The van der Waals surface area contributed by atoms with E-state index in [1.165, 1.54) is 12.8 Å². The molecule has 2 rings (SSSR count). The van der Waals surface area contributed by atoms with Gasteiger partial charge in [0.2, 0.25) is 0 Å². The fraction of sp³-hybridized carbons (Fsp3) is 0.706. The van der Waals surface area contributed by atoms with Gasteiger partial charge in [-0.3, -0.25) is 0 Å². The van der Waals surface area contributed by atoms with Crippen molar-refractivity contribution in [1.29, 1.82) is 0 Å². The summed E-state index contributed by atoms with van der Waals surface area (Å²) in [6, 6.07) is 4.71. The van der Waals surface area contributed by atoms with Gasteiger partial charge in [0.15, 0.2) is 0 Å². The van der Waals surface area contributed by atoms with Crippen LogP contribution in [0.1, 0.15) is 46.2 Å². The molecule has 0 aliphatic heterocycles. The molecule has 4 heteroatoms. The van der Waals surface area contributed by atoms with Crippen molar-refractivity contribution in [2.75, 3.05) is 18.0 Å². The topological polar surface area (TPSA) is 28.2 Å². The summed E-state index contributed by atoms with van der Waals surface area (Å²) in [4.78, 5) is 7.19. The molecule has 1 saturated carbocycles. The normalized spacial score (nSPS) is 15.0. The van der Waals surface area contributed by atoms with Crippen LogP contribution in [0.3, 0.4) is 0 Å². The molecule has 0 amide bonds. The Hall–Kier alpha value is -0.800. The summed E-state index contributed by atoms with van der Waals surface area (Å²) in [7, 11) is 0. The highest BCUT2D eigenvalue weighted by Crippen LogP contribution is 2.23. The van der Waals surface area contributed by atoms with Crippen molar-refractivity contribution in [3.63, 3.8) is 0 Å². The average Bonchev–Trinajstić information content (AvgIpc) is 3.20. The molecule has 0 saturated heterocycles. The molecule has 1 N–H and O–H groups in total. The zero-order valence-corrected chi connectivity index (χ0v) is 14.5. The van der Waals surface area contributed by atoms with Gasteiger partial charge in [0, 0.05) is 25.7 Å². The number of anilines is 1. The fourth-order valence-electron chi connectivity index (χ4n) is 2.44. The Morgan fingerprint density at radius 3 is 2.33 bits per heavy atom. The first-order chi connectivity index (χ1) is 9.95. The van der Waals surface area contributed by atoms with Crippen LogP contribution in [0, 0.1) is 11.8 Å². The van der Waals surface area contributed by atoms with Crippen molar-refractivity contribution in [3.8, 4) is 0 Å². The lowest BCUT2D eigenvalue weighted by Gasteiger charge is -2.28. The molecule has 1 fully saturated rings. The Bertz CT molecular complexity index is 445. The molecule has 0 aromatic carbocycles. The summed E-state index contributed by atoms with van der Waals surface area (Å²) in [5, 5.41) is 4.26. The first-order valence-electron chi connectivity index (χ1n) is 8.09. The SMILES string of the molecule is CC(C)CN(CC(C)C)c1ccc(Cl)c(CNC2CC2)n1. The highest BCUT2D eigenvalue weighted by atomic mass is 35.5. The largest absolute Gasteiger partial charge is 0.356 e. The van der Waals surface area contributed by atoms with Crippen LogP contribution in [0.4, 0.5) is 5.82 Å². The molecule has 1 aliphatic rings. The Balaban J connectivity index is 2.11. The molecular formula is C17H28ClN3. The first kappa shape index (κ1) is 16.6. The van der Waals surface area contributed by atoms with Crippen LogP contribution in [-0.4, -0.2) is 24.1 Å². The minimum absolute atomic E-state index is 0.620. The lowest BCUT2D eigenvalue weighted by molar-refractivity contribution is 0.547. The quantitative estimate of drug-likeness (QED) is 0.783. The van der Waals surface area contributed by atoms with Gasteiger partial charge in [-0.05, 0) is 36.8 Å². The number of nitrogens with zero attached hydrogens (tertiary/aromatic N) is 2. The van der Waals surface area contributed by atoms with Crippen LogP contribution in [0.5, 0.6) is 0 Å². The molecule has 1 heterocycles. The maximum absolute atomic E-state index is 6.30. The Kier molecular flexibility index (Phi) is 5.88. The fourth-order valence-corrected chi connectivity index (χ4v) is 2.62. The molecule has 0 spiro atoms. The van der Waals surface area contributed by atoms with Gasteiger partial charge in [-0.25, -0.2) is 4.98 Å². The third-order valence-electron chi connectivity index (χ3n) is 3.53. The third-order valence-corrected chi connectivity index (χ3v) is 3.88. The number of halogens is 1. The minimum atomic E-state index is 0.620. The van der Waals surface area contributed by atoms with E-state index in [1.807, 2.05) is 12.1 Å². The standard InChI is InChI=1S/C17H28ClN3/c1-12(2)10-21(11-13(3)4)17-8-7-15(18)16(20-17)9-19-14-5-6-14/h7-8,12-14,19H,5-6,9-11H2,1-4H3. The van der Waals surface area contributed by atoms with Crippen LogP contribution in [0.25, 0.3) is 0 Å². The van der Waals surface area contributed by atoms with Crippen LogP contribution < -0.4 is 10.2 Å². The minimum Gasteiger partial charge on any atom is -0.356 e. The highest BCUT2D eigenvalue weighted by Gasteiger charge is 2.21. The Morgan fingerprint density at radius 1 is 1.19 bits per heavy atom. The first-order valence-corrected chi connectivity index (χ1v) is 8.47. The van der Waals surface area contributed by atoms with Crippen molar-refractivity contribution >= 4 is 17.4 Å². The van der Waals surface area contributed by atoms with Crippen molar-refractivity contribution in [2.24, 2.45) is 11.8 Å². The second-order valence-corrected chi connectivity index (χ2v) is 7.35. The number of pyridine rings is 1. The molecule has 1 aromatic heterocycles. The Morgan fingerprint density at radius 2 is 1.81 bits per heavy atom. The molecule has 118 valence electrons. The summed E-state index contributed by atoms with van der Waals surface area (Å²) >= 11 is 6.30.